The molecule has 0 radical (unpaired) electrons. The van der Waals surface area contributed by atoms with Crippen LogP contribution in [0.1, 0.15) is 12.0 Å². The Morgan fingerprint density at radius 2 is 2.37 bits per heavy atom. The zero-order valence-electron chi connectivity index (χ0n) is 10.5. The number of aliphatic hydroxyl groups excluding tert-OH is 1. The highest BCUT2D eigenvalue weighted by Crippen LogP contribution is 2.12. The van der Waals surface area contributed by atoms with Gasteiger partial charge in [0.05, 0.1) is 12.6 Å². The fourth-order valence-corrected chi connectivity index (χ4v) is 2.24. The third-order valence-electron chi connectivity index (χ3n) is 3.05. The number of nitrogens with zero attached hydrogens (tertiary/aromatic N) is 1. The summed E-state index contributed by atoms with van der Waals surface area (Å²) in [6, 6.07) is 7.14. The van der Waals surface area contributed by atoms with Gasteiger partial charge in [-0.25, -0.2) is 0 Å². The number of benzene rings is 1. The summed E-state index contributed by atoms with van der Waals surface area (Å²) in [5.41, 5.74) is 6.95. The van der Waals surface area contributed by atoms with Gasteiger partial charge in [0, 0.05) is 24.3 Å². The first-order valence-corrected chi connectivity index (χ1v) is 6.55. The molecule has 1 aliphatic rings. The van der Waals surface area contributed by atoms with E-state index in [9.17, 15) is 9.90 Å². The second kappa shape index (κ2) is 6.10. The van der Waals surface area contributed by atoms with Gasteiger partial charge in [0.25, 0.3) is 0 Å². The molecule has 0 aliphatic carbocycles. The Bertz CT molecular complexity index is 493. The van der Waals surface area contributed by atoms with Crippen molar-refractivity contribution in [2.75, 3.05) is 25.0 Å². The minimum Gasteiger partial charge on any atom is -0.392 e. The predicted molar refractivity (Wildman–Crippen MR) is 78.0 cm³/mol. The highest BCUT2D eigenvalue weighted by Gasteiger charge is 2.21. The lowest BCUT2D eigenvalue weighted by Crippen LogP contribution is -2.32. The quantitative estimate of drug-likeness (QED) is 0.692. The van der Waals surface area contributed by atoms with E-state index in [1.54, 1.807) is 24.3 Å². The average molecular weight is 279 g/mol. The fraction of sp³-hybridized carbons (Fsp3) is 0.385. The molecule has 102 valence electrons. The van der Waals surface area contributed by atoms with E-state index >= 15 is 0 Å². The molecule has 1 saturated heterocycles. The number of anilines is 1. The standard InChI is InChI=1S/C13H17N3O2S/c14-13(19)9-2-1-3-10(6-9)15-12(18)8-16-5-4-11(17)7-16/h1-3,6,11,17H,4-5,7-8H2,(H2,14,19)(H,15,18). The molecule has 0 bridgehead atoms. The maximum Gasteiger partial charge on any atom is 0.238 e. The van der Waals surface area contributed by atoms with Crippen LogP contribution < -0.4 is 11.1 Å². The fourth-order valence-electron chi connectivity index (χ4n) is 2.11. The van der Waals surface area contributed by atoms with Gasteiger partial charge in [-0.1, -0.05) is 24.4 Å². The zero-order chi connectivity index (χ0) is 13.8. The molecule has 1 amide bonds. The lowest BCUT2D eigenvalue weighted by Gasteiger charge is -2.14. The number of rotatable bonds is 4. The van der Waals surface area contributed by atoms with Crippen LogP contribution in [0.4, 0.5) is 5.69 Å². The Labute approximate surface area is 117 Å². The molecule has 0 spiro atoms. The van der Waals surface area contributed by atoms with Crippen molar-refractivity contribution >= 4 is 28.8 Å². The lowest BCUT2D eigenvalue weighted by molar-refractivity contribution is -0.117. The molecule has 19 heavy (non-hydrogen) atoms. The van der Waals surface area contributed by atoms with Gasteiger partial charge in [-0.15, -0.1) is 0 Å². The lowest BCUT2D eigenvalue weighted by atomic mass is 10.2. The summed E-state index contributed by atoms with van der Waals surface area (Å²) in [5.74, 6) is -0.103. The largest absolute Gasteiger partial charge is 0.392 e. The number of likely N-dealkylation sites (tertiary alicyclic amines) is 1. The summed E-state index contributed by atoms with van der Waals surface area (Å²) in [7, 11) is 0. The van der Waals surface area contributed by atoms with Crippen LogP contribution in [0.2, 0.25) is 0 Å². The predicted octanol–water partition coefficient (Wildman–Crippen LogP) is 0.326. The summed E-state index contributed by atoms with van der Waals surface area (Å²) in [4.78, 5) is 14.1. The second-order valence-electron chi connectivity index (χ2n) is 4.67. The van der Waals surface area contributed by atoms with E-state index < -0.39 is 0 Å². The molecule has 5 nitrogen and oxygen atoms in total. The molecule has 0 saturated carbocycles. The molecule has 1 aromatic rings. The average Bonchev–Trinajstić information content (AvgIpc) is 2.74. The molecule has 1 fully saturated rings. The zero-order valence-corrected chi connectivity index (χ0v) is 11.3. The molecule has 1 aromatic carbocycles. The van der Waals surface area contributed by atoms with Crippen molar-refractivity contribution in [2.45, 2.75) is 12.5 Å². The maximum absolute atomic E-state index is 11.9. The maximum atomic E-state index is 11.9. The van der Waals surface area contributed by atoms with Gasteiger partial charge in [-0.2, -0.15) is 0 Å². The first-order valence-electron chi connectivity index (χ1n) is 6.15. The Kier molecular flexibility index (Phi) is 4.47. The van der Waals surface area contributed by atoms with E-state index in [-0.39, 0.29) is 18.6 Å². The van der Waals surface area contributed by atoms with Crippen LogP contribution >= 0.6 is 12.2 Å². The smallest absolute Gasteiger partial charge is 0.238 e. The molecule has 2 rings (SSSR count). The summed E-state index contributed by atoms with van der Waals surface area (Å²) in [6.45, 7) is 1.59. The number of thiocarbonyl (C=S) groups is 1. The Morgan fingerprint density at radius 3 is 3.00 bits per heavy atom. The number of nitrogens with one attached hydrogen (secondary N) is 1. The Morgan fingerprint density at radius 1 is 1.58 bits per heavy atom. The van der Waals surface area contributed by atoms with Crippen molar-refractivity contribution in [3.8, 4) is 0 Å². The summed E-state index contributed by atoms with van der Waals surface area (Å²) < 4.78 is 0. The van der Waals surface area contributed by atoms with Gasteiger partial charge in [-0.3, -0.25) is 9.69 Å². The van der Waals surface area contributed by atoms with Crippen LogP contribution in [0.25, 0.3) is 0 Å². The van der Waals surface area contributed by atoms with Gasteiger partial charge in [0.1, 0.15) is 4.99 Å². The van der Waals surface area contributed by atoms with Crippen LogP contribution in [0.5, 0.6) is 0 Å². The van der Waals surface area contributed by atoms with Crippen molar-refractivity contribution in [3.63, 3.8) is 0 Å². The van der Waals surface area contributed by atoms with Gasteiger partial charge in [-0.05, 0) is 18.6 Å². The number of aliphatic hydroxyl groups is 1. The molecule has 1 unspecified atom stereocenters. The van der Waals surface area contributed by atoms with E-state index in [0.29, 0.717) is 17.2 Å². The number of amides is 1. The molecule has 1 atom stereocenters. The van der Waals surface area contributed by atoms with Gasteiger partial charge < -0.3 is 16.2 Å². The third-order valence-corrected chi connectivity index (χ3v) is 3.28. The van der Waals surface area contributed by atoms with E-state index in [1.807, 2.05) is 4.90 Å². The van der Waals surface area contributed by atoms with Crippen molar-refractivity contribution in [2.24, 2.45) is 5.73 Å². The molecule has 1 heterocycles. The van der Waals surface area contributed by atoms with Gasteiger partial charge in [0.2, 0.25) is 5.91 Å². The van der Waals surface area contributed by atoms with Crippen LogP contribution in [-0.2, 0) is 4.79 Å². The molecule has 6 heteroatoms. The van der Waals surface area contributed by atoms with Crippen molar-refractivity contribution in [3.05, 3.63) is 29.8 Å². The number of carbonyl (C=O) groups is 1. The van der Waals surface area contributed by atoms with Crippen LogP contribution in [0.3, 0.4) is 0 Å². The van der Waals surface area contributed by atoms with Crippen LogP contribution in [-0.4, -0.2) is 46.6 Å². The number of hydrogen-bond donors (Lipinski definition) is 3. The highest BCUT2D eigenvalue weighted by molar-refractivity contribution is 7.80. The highest BCUT2D eigenvalue weighted by atomic mass is 32.1. The monoisotopic (exact) mass is 279 g/mol. The van der Waals surface area contributed by atoms with Crippen LogP contribution in [0.15, 0.2) is 24.3 Å². The summed E-state index contributed by atoms with van der Waals surface area (Å²) >= 11 is 4.89. The van der Waals surface area contributed by atoms with E-state index in [4.69, 9.17) is 18.0 Å². The van der Waals surface area contributed by atoms with Crippen molar-refractivity contribution < 1.29 is 9.90 Å². The number of hydrogen-bond acceptors (Lipinski definition) is 4. The van der Waals surface area contributed by atoms with E-state index in [2.05, 4.69) is 5.32 Å². The van der Waals surface area contributed by atoms with Gasteiger partial charge in [0.15, 0.2) is 0 Å². The minimum absolute atomic E-state index is 0.103. The van der Waals surface area contributed by atoms with Crippen molar-refractivity contribution in [1.82, 2.24) is 4.90 Å². The molecular formula is C13H17N3O2S. The minimum atomic E-state index is -0.314. The summed E-state index contributed by atoms with van der Waals surface area (Å²) in [6.07, 6.45) is 0.412. The first kappa shape index (κ1) is 13.9. The van der Waals surface area contributed by atoms with Gasteiger partial charge >= 0.3 is 0 Å². The molecule has 4 N–H and O–H groups in total. The first-order chi connectivity index (χ1) is 9.04. The molecular weight excluding hydrogens is 262 g/mol. The second-order valence-corrected chi connectivity index (χ2v) is 5.11. The number of β-amino-alcohol motifs (C(OH)–C–C–N with tert-alkyl or cyclic N) is 1. The Hall–Kier alpha value is -1.50. The van der Waals surface area contributed by atoms with E-state index in [1.165, 1.54) is 0 Å². The Balaban J connectivity index is 1.91. The SMILES string of the molecule is NC(=S)c1cccc(NC(=O)CN2CCC(O)C2)c1. The normalized spacial score (nSPS) is 19.3. The van der Waals surface area contributed by atoms with E-state index in [0.717, 1.165) is 18.5 Å². The summed E-state index contributed by atoms with van der Waals surface area (Å²) in [5, 5.41) is 12.2. The molecule has 0 aromatic heterocycles. The van der Waals surface area contributed by atoms with Crippen molar-refractivity contribution in [1.29, 1.82) is 0 Å². The van der Waals surface area contributed by atoms with Crippen LogP contribution in [0, 0.1) is 0 Å². The number of nitrogens with two attached hydrogens (primary N) is 1. The molecule has 1 aliphatic heterocycles. The topological polar surface area (TPSA) is 78.6 Å². The number of carbonyl (C=O) groups excluding carboxylic acids is 1. The third kappa shape index (κ3) is 3.99.